The molecule has 2 N–H and O–H groups in total. The van der Waals surface area contributed by atoms with Crippen molar-refractivity contribution in [2.24, 2.45) is 0 Å². The Kier molecular flexibility index (Phi) is 4.22. The predicted octanol–water partition coefficient (Wildman–Crippen LogP) is 3.15. The number of hydrogen-bond acceptors (Lipinski definition) is 3. The molecule has 1 aromatic carbocycles. The molecule has 4 heterocycles. The Bertz CT molecular complexity index is 1080. The number of rotatable bonds is 2. The standard InChI is InChI=1S/C23H22N4O/c28-23-15-18(19-5-4-17-8-9-25-22(17)14-19)2-1-3-20-6-7-21(16-27(20)23)26-12-10-24-11-13-26/h1-9,14-16,24-25H,10-13H2/b2-1+,18-15+,20-3+. The number of hydrogen-bond donors (Lipinski definition) is 2. The summed E-state index contributed by atoms with van der Waals surface area (Å²) < 4.78 is 0. The number of amides is 1. The third kappa shape index (κ3) is 3.10. The van der Waals surface area contributed by atoms with Gasteiger partial charge in [0.05, 0.1) is 5.70 Å². The first-order valence-corrected chi connectivity index (χ1v) is 9.64. The van der Waals surface area contributed by atoms with Crippen molar-refractivity contribution < 1.29 is 4.79 Å². The van der Waals surface area contributed by atoms with Crippen LogP contribution in [0.15, 0.2) is 84.5 Å². The van der Waals surface area contributed by atoms with Crippen molar-refractivity contribution >= 4 is 22.4 Å². The lowest BCUT2D eigenvalue weighted by molar-refractivity contribution is -0.122. The number of H-pyrrole nitrogens is 1. The Hall–Kier alpha value is -3.31. The zero-order chi connectivity index (χ0) is 18.9. The van der Waals surface area contributed by atoms with E-state index in [2.05, 4.69) is 39.5 Å². The van der Waals surface area contributed by atoms with Crippen molar-refractivity contribution in [1.82, 2.24) is 20.1 Å². The number of fused-ring (bicyclic) bond motifs is 2. The highest BCUT2D eigenvalue weighted by Gasteiger charge is 2.21. The molecule has 5 heteroatoms. The summed E-state index contributed by atoms with van der Waals surface area (Å²) in [5, 5.41) is 4.53. The first kappa shape index (κ1) is 16.8. The van der Waals surface area contributed by atoms with Gasteiger partial charge in [0, 0.05) is 55.9 Å². The van der Waals surface area contributed by atoms with Gasteiger partial charge < -0.3 is 15.2 Å². The van der Waals surface area contributed by atoms with E-state index in [9.17, 15) is 4.79 Å². The maximum atomic E-state index is 13.1. The van der Waals surface area contributed by atoms with Gasteiger partial charge in [-0.3, -0.25) is 9.69 Å². The van der Waals surface area contributed by atoms with Crippen LogP contribution >= 0.6 is 0 Å². The van der Waals surface area contributed by atoms with Crippen LogP contribution in [0.1, 0.15) is 5.56 Å². The van der Waals surface area contributed by atoms with E-state index < -0.39 is 0 Å². The summed E-state index contributed by atoms with van der Waals surface area (Å²) in [6.07, 6.45) is 15.7. The molecule has 3 aliphatic rings. The van der Waals surface area contributed by atoms with Gasteiger partial charge in [0.15, 0.2) is 0 Å². The van der Waals surface area contributed by atoms with E-state index in [1.165, 1.54) is 0 Å². The quantitative estimate of drug-likeness (QED) is 0.854. The lowest BCUT2D eigenvalue weighted by atomic mass is 10.0. The van der Waals surface area contributed by atoms with Crippen LogP contribution in [-0.4, -0.2) is 46.9 Å². The largest absolute Gasteiger partial charge is 0.368 e. The van der Waals surface area contributed by atoms with Gasteiger partial charge in [0.25, 0.3) is 5.91 Å². The van der Waals surface area contributed by atoms with E-state index in [4.69, 9.17) is 0 Å². The second kappa shape index (κ2) is 7.02. The minimum Gasteiger partial charge on any atom is -0.368 e. The molecule has 0 unspecified atom stereocenters. The molecule has 1 saturated heterocycles. The molecule has 0 radical (unpaired) electrons. The Morgan fingerprint density at radius 2 is 1.82 bits per heavy atom. The molecule has 5 rings (SSSR count). The van der Waals surface area contributed by atoms with Gasteiger partial charge in [-0.15, -0.1) is 0 Å². The number of nitrogens with zero attached hydrogens (tertiary/aromatic N) is 2. The Balaban J connectivity index is 1.48. The van der Waals surface area contributed by atoms with Crippen molar-refractivity contribution in [3.8, 4) is 0 Å². The average molecular weight is 370 g/mol. The maximum absolute atomic E-state index is 13.1. The van der Waals surface area contributed by atoms with Crippen molar-refractivity contribution in [2.45, 2.75) is 0 Å². The van der Waals surface area contributed by atoms with E-state index in [1.54, 1.807) is 11.0 Å². The van der Waals surface area contributed by atoms with Crippen LogP contribution in [0.25, 0.3) is 16.5 Å². The van der Waals surface area contributed by atoms with Crippen molar-refractivity contribution in [1.29, 1.82) is 0 Å². The molecule has 1 fully saturated rings. The summed E-state index contributed by atoms with van der Waals surface area (Å²) in [5.41, 5.74) is 4.97. The zero-order valence-electron chi connectivity index (χ0n) is 15.6. The third-order valence-electron chi connectivity index (χ3n) is 5.39. The molecule has 2 aromatic rings. The topological polar surface area (TPSA) is 51.4 Å². The molecular weight excluding hydrogens is 348 g/mol. The molecule has 0 aliphatic carbocycles. The second-order valence-electron chi connectivity index (χ2n) is 7.16. The van der Waals surface area contributed by atoms with Crippen molar-refractivity contribution in [2.75, 3.05) is 26.2 Å². The number of aromatic amines is 1. The minimum atomic E-state index is -0.0332. The van der Waals surface area contributed by atoms with Crippen LogP contribution in [0.3, 0.4) is 0 Å². The first-order chi connectivity index (χ1) is 13.8. The summed E-state index contributed by atoms with van der Waals surface area (Å²) in [7, 11) is 0. The van der Waals surface area contributed by atoms with Gasteiger partial charge >= 0.3 is 0 Å². The van der Waals surface area contributed by atoms with Crippen LogP contribution in [0.2, 0.25) is 0 Å². The van der Waals surface area contributed by atoms with Gasteiger partial charge in [0.2, 0.25) is 0 Å². The van der Waals surface area contributed by atoms with E-state index in [-0.39, 0.29) is 5.91 Å². The monoisotopic (exact) mass is 370 g/mol. The molecule has 3 aliphatic heterocycles. The first-order valence-electron chi connectivity index (χ1n) is 9.64. The number of benzene rings is 1. The predicted molar refractivity (Wildman–Crippen MR) is 112 cm³/mol. The van der Waals surface area contributed by atoms with Crippen LogP contribution in [0.5, 0.6) is 0 Å². The number of aromatic nitrogens is 1. The molecule has 1 amide bonds. The third-order valence-corrected chi connectivity index (χ3v) is 5.39. The summed E-state index contributed by atoms with van der Waals surface area (Å²) in [6.45, 7) is 3.84. The molecular formula is C23H22N4O. The van der Waals surface area contributed by atoms with E-state index in [1.807, 2.05) is 42.8 Å². The number of carbonyl (C=O) groups is 1. The summed E-state index contributed by atoms with van der Waals surface area (Å²) in [4.78, 5) is 20.4. The highest BCUT2D eigenvalue weighted by atomic mass is 16.2. The van der Waals surface area contributed by atoms with Gasteiger partial charge in [-0.25, -0.2) is 0 Å². The van der Waals surface area contributed by atoms with Gasteiger partial charge in [0.1, 0.15) is 0 Å². The molecule has 0 atom stereocenters. The fraction of sp³-hybridized carbons (Fsp3) is 0.174. The average Bonchev–Trinajstić information content (AvgIpc) is 3.20. The molecule has 28 heavy (non-hydrogen) atoms. The van der Waals surface area contributed by atoms with Crippen LogP contribution < -0.4 is 5.32 Å². The van der Waals surface area contributed by atoms with Crippen molar-refractivity contribution in [3.05, 3.63) is 90.1 Å². The Morgan fingerprint density at radius 3 is 2.71 bits per heavy atom. The molecule has 0 saturated carbocycles. The summed E-state index contributed by atoms with van der Waals surface area (Å²) in [5.74, 6) is -0.0332. The van der Waals surface area contributed by atoms with Crippen LogP contribution in [-0.2, 0) is 4.79 Å². The Labute approximate surface area is 164 Å². The van der Waals surface area contributed by atoms with E-state index in [0.29, 0.717) is 0 Å². The summed E-state index contributed by atoms with van der Waals surface area (Å²) in [6, 6.07) is 8.27. The SMILES string of the molecule is O=C1\C=C(c2ccc3cc[nH]c3c2)/C=C/C=C2\C=CC(N3CCNCC3)=CN12. The lowest BCUT2D eigenvalue weighted by Gasteiger charge is -2.33. The van der Waals surface area contributed by atoms with Crippen LogP contribution in [0.4, 0.5) is 0 Å². The molecule has 1 aromatic heterocycles. The molecule has 0 spiro atoms. The molecule has 5 nitrogen and oxygen atoms in total. The summed E-state index contributed by atoms with van der Waals surface area (Å²) >= 11 is 0. The number of allylic oxidation sites excluding steroid dienone is 6. The molecule has 140 valence electrons. The van der Waals surface area contributed by atoms with Gasteiger partial charge in [-0.05, 0) is 46.9 Å². The highest BCUT2D eigenvalue weighted by Crippen LogP contribution is 2.26. The van der Waals surface area contributed by atoms with Gasteiger partial charge in [-0.1, -0.05) is 24.3 Å². The van der Waals surface area contributed by atoms with Gasteiger partial charge in [-0.2, -0.15) is 0 Å². The fourth-order valence-corrected chi connectivity index (χ4v) is 3.85. The van der Waals surface area contributed by atoms with Crippen LogP contribution in [0, 0.1) is 0 Å². The zero-order valence-corrected chi connectivity index (χ0v) is 15.6. The smallest absolute Gasteiger partial charge is 0.255 e. The normalized spacial score (nSPS) is 24.6. The lowest BCUT2D eigenvalue weighted by Crippen LogP contribution is -2.43. The number of piperazine rings is 1. The molecule has 0 bridgehead atoms. The second-order valence-corrected chi connectivity index (χ2v) is 7.16. The number of nitrogens with one attached hydrogen (secondary N) is 2. The fourth-order valence-electron chi connectivity index (χ4n) is 3.85. The number of carbonyl (C=O) groups excluding carboxylic acids is 1. The minimum absolute atomic E-state index is 0.0332. The van der Waals surface area contributed by atoms with E-state index in [0.717, 1.165) is 59.6 Å². The Morgan fingerprint density at radius 1 is 0.964 bits per heavy atom. The van der Waals surface area contributed by atoms with Crippen molar-refractivity contribution in [3.63, 3.8) is 0 Å². The van der Waals surface area contributed by atoms with E-state index >= 15 is 0 Å². The maximum Gasteiger partial charge on any atom is 0.255 e. The highest BCUT2D eigenvalue weighted by molar-refractivity contribution is 6.00.